The second-order valence-electron chi connectivity index (χ2n) is 9.15. The first-order chi connectivity index (χ1) is 17.7. The second kappa shape index (κ2) is 11.8. The second-order valence-corrected chi connectivity index (χ2v) is 13.2. The number of methoxy groups -OCH3 is 1. The number of piperazine rings is 1. The molecule has 2 aliphatic heterocycles. The molecule has 0 spiro atoms. The number of benzene rings is 2. The summed E-state index contributed by atoms with van der Waals surface area (Å²) in [6.07, 6.45) is 2.72. The van der Waals surface area contributed by atoms with Gasteiger partial charge in [-0.05, 0) is 61.4 Å². The Kier molecular flexibility index (Phi) is 8.73. The van der Waals surface area contributed by atoms with Crippen LogP contribution in [0.25, 0.3) is 0 Å². The van der Waals surface area contributed by atoms with E-state index in [0.29, 0.717) is 39.3 Å². The first-order valence-electron chi connectivity index (χ1n) is 12.5. The molecule has 10 nitrogen and oxygen atoms in total. The fourth-order valence-electron chi connectivity index (χ4n) is 4.57. The minimum absolute atomic E-state index is 0.0340. The van der Waals surface area contributed by atoms with Crippen LogP contribution in [0, 0.1) is 0 Å². The maximum atomic E-state index is 12.8. The molecule has 2 aromatic carbocycles. The minimum Gasteiger partial charge on any atom is -0.497 e. The predicted octanol–water partition coefficient (Wildman–Crippen LogP) is 1.75. The summed E-state index contributed by atoms with van der Waals surface area (Å²) in [7, 11) is -5.49. The van der Waals surface area contributed by atoms with E-state index in [1.54, 1.807) is 7.11 Å². The van der Waals surface area contributed by atoms with Crippen LogP contribution in [-0.4, -0.2) is 90.0 Å². The average molecular weight is 551 g/mol. The van der Waals surface area contributed by atoms with Gasteiger partial charge in [-0.3, -0.25) is 4.79 Å². The molecule has 0 saturated carbocycles. The fraction of sp³-hybridized carbons (Fsp3) is 0.480. The van der Waals surface area contributed by atoms with Crippen molar-refractivity contribution in [2.24, 2.45) is 0 Å². The summed E-state index contributed by atoms with van der Waals surface area (Å²) in [5.41, 5.74) is 1.29. The van der Waals surface area contributed by atoms with E-state index in [0.717, 1.165) is 30.7 Å². The van der Waals surface area contributed by atoms with Crippen LogP contribution in [-0.2, 0) is 20.0 Å². The van der Waals surface area contributed by atoms with E-state index >= 15 is 0 Å². The van der Waals surface area contributed by atoms with Gasteiger partial charge in [0.15, 0.2) is 0 Å². The number of rotatable bonds is 9. The lowest BCUT2D eigenvalue weighted by Gasteiger charge is -2.35. The van der Waals surface area contributed by atoms with Crippen LogP contribution in [0.5, 0.6) is 5.75 Å². The van der Waals surface area contributed by atoms with Crippen molar-refractivity contribution in [3.63, 3.8) is 0 Å². The van der Waals surface area contributed by atoms with Gasteiger partial charge in [-0.1, -0.05) is 6.42 Å². The van der Waals surface area contributed by atoms with Gasteiger partial charge >= 0.3 is 0 Å². The number of anilines is 1. The lowest BCUT2D eigenvalue weighted by Crippen LogP contribution is -2.50. The van der Waals surface area contributed by atoms with Crippen molar-refractivity contribution >= 4 is 31.6 Å². The Morgan fingerprint density at radius 1 is 0.811 bits per heavy atom. The van der Waals surface area contributed by atoms with E-state index in [2.05, 4.69) is 10.2 Å². The molecule has 37 heavy (non-hydrogen) atoms. The highest BCUT2D eigenvalue weighted by molar-refractivity contribution is 7.89. The zero-order chi connectivity index (χ0) is 26.5. The molecular formula is C25H34N4O6S2. The van der Waals surface area contributed by atoms with Gasteiger partial charge in [0.1, 0.15) is 5.75 Å². The number of carbonyl (C=O) groups is 1. The number of ether oxygens (including phenoxy) is 1. The molecule has 4 rings (SSSR count). The first kappa shape index (κ1) is 27.4. The summed E-state index contributed by atoms with van der Waals surface area (Å²) in [6, 6.07) is 13.4. The summed E-state index contributed by atoms with van der Waals surface area (Å²) < 4.78 is 59.3. The highest BCUT2D eigenvalue weighted by atomic mass is 32.2. The number of sulfonamides is 2. The van der Waals surface area contributed by atoms with Crippen molar-refractivity contribution in [2.75, 3.05) is 63.6 Å². The maximum absolute atomic E-state index is 12.8. The fourth-order valence-corrected chi connectivity index (χ4v) is 7.43. The molecule has 0 atom stereocenters. The normalized spacial score (nSPS) is 17.9. The van der Waals surface area contributed by atoms with Crippen LogP contribution in [0.3, 0.4) is 0 Å². The predicted molar refractivity (Wildman–Crippen MR) is 142 cm³/mol. The number of nitrogens with zero attached hydrogens (tertiary/aromatic N) is 3. The number of nitrogens with one attached hydrogen (secondary N) is 1. The molecule has 2 fully saturated rings. The number of amides is 1. The third-order valence-corrected chi connectivity index (χ3v) is 10.6. The van der Waals surface area contributed by atoms with E-state index in [1.807, 2.05) is 24.3 Å². The zero-order valence-electron chi connectivity index (χ0n) is 21.0. The largest absolute Gasteiger partial charge is 0.497 e. The zero-order valence-corrected chi connectivity index (χ0v) is 22.6. The summed E-state index contributed by atoms with van der Waals surface area (Å²) in [5, 5.41) is 2.63. The van der Waals surface area contributed by atoms with Gasteiger partial charge < -0.3 is 15.0 Å². The van der Waals surface area contributed by atoms with Crippen molar-refractivity contribution in [1.82, 2.24) is 13.9 Å². The maximum Gasteiger partial charge on any atom is 0.251 e. The molecule has 2 heterocycles. The molecule has 202 valence electrons. The molecule has 0 unspecified atom stereocenters. The molecule has 1 N–H and O–H groups in total. The van der Waals surface area contributed by atoms with E-state index in [-0.39, 0.29) is 22.8 Å². The summed E-state index contributed by atoms with van der Waals surface area (Å²) >= 11 is 0. The molecule has 0 radical (unpaired) electrons. The Morgan fingerprint density at radius 2 is 1.43 bits per heavy atom. The first-order valence-corrected chi connectivity index (χ1v) is 15.5. The number of carbonyl (C=O) groups excluding carboxylic acids is 1. The molecule has 0 aromatic heterocycles. The van der Waals surface area contributed by atoms with Crippen LogP contribution in [0.4, 0.5) is 5.69 Å². The van der Waals surface area contributed by atoms with E-state index in [1.165, 1.54) is 32.9 Å². The van der Waals surface area contributed by atoms with Crippen molar-refractivity contribution in [3.8, 4) is 5.75 Å². The molecule has 0 bridgehead atoms. The monoisotopic (exact) mass is 550 g/mol. The molecule has 0 aliphatic carbocycles. The molecule has 1 amide bonds. The minimum atomic E-state index is -3.57. The number of hydrogen-bond acceptors (Lipinski definition) is 7. The van der Waals surface area contributed by atoms with Crippen LogP contribution in [0.1, 0.15) is 29.6 Å². The summed E-state index contributed by atoms with van der Waals surface area (Å²) in [4.78, 5) is 14.8. The van der Waals surface area contributed by atoms with Crippen LogP contribution >= 0.6 is 0 Å². The summed E-state index contributed by atoms with van der Waals surface area (Å²) in [5.74, 6) is 0.120. The van der Waals surface area contributed by atoms with Gasteiger partial charge in [0.2, 0.25) is 20.0 Å². The quantitative estimate of drug-likeness (QED) is 0.506. The highest BCUT2D eigenvalue weighted by Crippen LogP contribution is 2.22. The molecule has 2 aliphatic rings. The van der Waals surface area contributed by atoms with E-state index in [4.69, 9.17) is 4.74 Å². The Balaban J connectivity index is 1.25. The van der Waals surface area contributed by atoms with Gasteiger partial charge in [-0.2, -0.15) is 8.61 Å². The third-order valence-electron chi connectivity index (χ3n) is 6.78. The van der Waals surface area contributed by atoms with Crippen LogP contribution < -0.4 is 15.0 Å². The Bertz CT molecular complexity index is 1270. The van der Waals surface area contributed by atoms with Crippen molar-refractivity contribution in [3.05, 3.63) is 54.1 Å². The molecule has 2 aromatic rings. The van der Waals surface area contributed by atoms with Crippen molar-refractivity contribution < 1.29 is 26.4 Å². The number of hydrogen-bond donors (Lipinski definition) is 1. The highest BCUT2D eigenvalue weighted by Gasteiger charge is 2.28. The Labute approximate surface area is 219 Å². The Morgan fingerprint density at radius 3 is 2.03 bits per heavy atom. The smallest absolute Gasteiger partial charge is 0.251 e. The third kappa shape index (κ3) is 6.61. The lowest BCUT2D eigenvalue weighted by atomic mass is 10.2. The van der Waals surface area contributed by atoms with Gasteiger partial charge in [0.05, 0.1) is 17.8 Å². The van der Waals surface area contributed by atoms with Gasteiger partial charge in [-0.25, -0.2) is 16.8 Å². The SMILES string of the molecule is COc1ccc(N2CCN(S(=O)(=O)CCNC(=O)c3ccc(S(=O)(=O)N4CCCCC4)cc3)CC2)cc1. The summed E-state index contributed by atoms with van der Waals surface area (Å²) in [6.45, 7) is 2.87. The van der Waals surface area contributed by atoms with Gasteiger partial charge in [0.25, 0.3) is 5.91 Å². The van der Waals surface area contributed by atoms with Gasteiger partial charge in [-0.15, -0.1) is 0 Å². The average Bonchev–Trinajstić information content (AvgIpc) is 2.93. The van der Waals surface area contributed by atoms with Gasteiger partial charge in [0, 0.05) is 57.1 Å². The number of piperidine rings is 1. The molecule has 2 saturated heterocycles. The van der Waals surface area contributed by atoms with Crippen LogP contribution in [0.2, 0.25) is 0 Å². The van der Waals surface area contributed by atoms with Crippen molar-refractivity contribution in [2.45, 2.75) is 24.2 Å². The van der Waals surface area contributed by atoms with E-state index < -0.39 is 26.0 Å². The topological polar surface area (TPSA) is 116 Å². The van der Waals surface area contributed by atoms with Crippen molar-refractivity contribution in [1.29, 1.82) is 0 Å². The van der Waals surface area contributed by atoms with E-state index in [9.17, 15) is 21.6 Å². The standard InChI is InChI=1S/C25H34N4O6S2/c1-35-23-9-7-22(8-10-23)27-16-18-28(19-17-27)36(31,32)20-13-26-25(30)21-5-11-24(12-6-21)37(33,34)29-14-3-2-4-15-29/h5-12H,2-4,13-20H2,1H3,(H,26,30). The van der Waals surface area contributed by atoms with Crippen LogP contribution in [0.15, 0.2) is 53.4 Å². The molecule has 12 heteroatoms. The molecular weight excluding hydrogens is 516 g/mol. The lowest BCUT2D eigenvalue weighted by molar-refractivity contribution is 0.0956. The Hall–Kier alpha value is -2.67.